The summed E-state index contributed by atoms with van der Waals surface area (Å²) in [6.07, 6.45) is 6.92. The molecule has 0 spiro atoms. The van der Waals surface area contributed by atoms with E-state index in [1.165, 1.54) is 0 Å². The Morgan fingerprint density at radius 1 is 1.09 bits per heavy atom. The molecule has 1 aliphatic rings. The highest BCUT2D eigenvalue weighted by atomic mass is 16.5. The van der Waals surface area contributed by atoms with Crippen LogP contribution in [0.4, 0.5) is 0 Å². The fourth-order valence-electron chi connectivity index (χ4n) is 4.92. The summed E-state index contributed by atoms with van der Waals surface area (Å²) in [5.41, 5.74) is 2.80. The van der Waals surface area contributed by atoms with Crippen molar-refractivity contribution in [3.8, 4) is 28.4 Å². The van der Waals surface area contributed by atoms with Crippen molar-refractivity contribution >= 4 is 11.0 Å². The molecule has 0 radical (unpaired) electrons. The number of hydrogen-bond donors (Lipinski definition) is 1. The maximum atomic E-state index is 13.1. The minimum atomic E-state index is -0.473. The Hall–Kier alpha value is -3.84. The van der Waals surface area contributed by atoms with Gasteiger partial charge in [0, 0.05) is 30.4 Å². The molecule has 0 bridgehead atoms. The smallest absolute Gasteiger partial charge is 0.344 e. The summed E-state index contributed by atoms with van der Waals surface area (Å²) in [5, 5.41) is 11.5. The molecular weight excluding hydrogens is 444 g/mol. The third kappa shape index (κ3) is 4.47. The van der Waals surface area contributed by atoms with Gasteiger partial charge in [-0.05, 0) is 66.9 Å². The predicted molar refractivity (Wildman–Crippen MR) is 134 cm³/mol. The SMILES string of the molecule is COc1ccc(-c2cc3ccc(O)c(CN4CCCCC4c4cccnc4)c3oc2=O)cc1OC. The zero-order valence-electron chi connectivity index (χ0n) is 19.9. The Kier molecular flexibility index (Phi) is 6.42. The Labute approximate surface area is 203 Å². The van der Waals surface area contributed by atoms with Gasteiger partial charge in [-0.2, -0.15) is 0 Å². The summed E-state index contributed by atoms with van der Waals surface area (Å²) in [6, 6.07) is 14.8. The highest BCUT2D eigenvalue weighted by molar-refractivity contribution is 5.86. The molecule has 35 heavy (non-hydrogen) atoms. The number of likely N-dealkylation sites (tertiary alicyclic amines) is 1. The highest BCUT2D eigenvalue weighted by Gasteiger charge is 2.26. The van der Waals surface area contributed by atoms with Gasteiger partial charge in [0.05, 0.1) is 25.3 Å². The first-order valence-corrected chi connectivity index (χ1v) is 11.7. The van der Waals surface area contributed by atoms with Crippen molar-refractivity contribution in [2.24, 2.45) is 0 Å². The number of aromatic nitrogens is 1. The second-order valence-corrected chi connectivity index (χ2v) is 8.77. The topological polar surface area (TPSA) is 85.0 Å². The fraction of sp³-hybridized carbons (Fsp3) is 0.286. The Balaban J connectivity index is 1.54. The summed E-state index contributed by atoms with van der Waals surface area (Å²) in [4.78, 5) is 19.7. The molecule has 4 aromatic rings. The van der Waals surface area contributed by atoms with Crippen molar-refractivity contribution < 1.29 is 19.0 Å². The standard InChI is InChI=1S/C28H28N2O5/c1-33-25-11-9-18(15-26(25)34-2)21-14-19-8-10-24(31)22(27(19)35-28(21)32)17-30-13-4-3-7-23(30)20-6-5-12-29-16-20/h5-6,8-12,14-16,23,31H,3-4,7,13,17H2,1-2H3. The number of benzene rings is 2. The summed E-state index contributed by atoms with van der Waals surface area (Å²) in [7, 11) is 3.12. The number of piperidine rings is 1. The molecule has 1 saturated heterocycles. The van der Waals surface area contributed by atoms with Crippen LogP contribution in [0.2, 0.25) is 0 Å². The van der Waals surface area contributed by atoms with Crippen molar-refractivity contribution in [3.63, 3.8) is 0 Å². The number of hydrogen-bond acceptors (Lipinski definition) is 7. The highest BCUT2D eigenvalue weighted by Crippen LogP contribution is 2.37. The maximum Gasteiger partial charge on any atom is 0.344 e. The predicted octanol–water partition coefficient (Wildman–Crippen LogP) is 5.31. The van der Waals surface area contributed by atoms with Crippen LogP contribution in [-0.4, -0.2) is 35.8 Å². The van der Waals surface area contributed by atoms with Crippen molar-refractivity contribution in [1.82, 2.24) is 9.88 Å². The summed E-state index contributed by atoms with van der Waals surface area (Å²) in [6.45, 7) is 1.37. The lowest BCUT2D eigenvalue weighted by Gasteiger charge is -2.36. The van der Waals surface area contributed by atoms with Gasteiger partial charge in [0.25, 0.3) is 0 Å². The molecule has 2 aromatic carbocycles. The lowest BCUT2D eigenvalue weighted by atomic mass is 9.95. The van der Waals surface area contributed by atoms with Crippen LogP contribution in [-0.2, 0) is 6.54 Å². The molecule has 1 aliphatic heterocycles. The number of ether oxygens (including phenoxy) is 2. The largest absolute Gasteiger partial charge is 0.507 e. The number of phenols is 1. The fourth-order valence-corrected chi connectivity index (χ4v) is 4.92. The van der Waals surface area contributed by atoms with Crippen LogP contribution in [0.1, 0.15) is 36.4 Å². The van der Waals surface area contributed by atoms with Crippen LogP contribution in [0.15, 0.2) is 70.1 Å². The molecule has 7 heteroatoms. The van der Waals surface area contributed by atoms with Crippen LogP contribution in [0.25, 0.3) is 22.1 Å². The van der Waals surface area contributed by atoms with Gasteiger partial charge >= 0.3 is 5.63 Å². The van der Waals surface area contributed by atoms with Crippen molar-refractivity contribution in [1.29, 1.82) is 0 Å². The maximum absolute atomic E-state index is 13.1. The van der Waals surface area contributed by atoms with Gasteiger partial charge in [-0.1, -0.05) is 18.6 Å². The number of fused-ring (bicyclic) bond motifs is 1. The molecule has 0 aliphatic carbocycles. The number of aromatic hydroxyl groups is 1. The molecule has 0 amide bonds. The summed E-state index contributed by atoms with van der Waals surface area (Å²) >= 11 is 0. The van der Waals surface area contributed by atoms with Gasteiger partial charge in [-0.15, -0.1) is 0 Å². The van der Waals surface area contributed by atoms with Crippen molar-refractivity contribution in [2.75, 3.05) is 20.8 Å². The average molecular weight is 473 g/mol. The second-order valence-electron chi connectivity index (χ2n) is 8.77. The van der Waals surface area contributed by atoms with E-state index in [1.54, 1.807) is 56.8 Å². The Morgan fingerprint density at radius 2 is 1.94 bits per heavy atom. The molecule has 5 rings (SSSR count). The average Bonchev–Trinajstić information content (AvgIpc) is 2.90. The van der Waals surface area contributed by atoms with E-state index in [0.717, 1.165) is 36.8 Å². The van der Waals surface area contributed by atoms with E-state index in [-0.39, 0.29) is 11.8 Å². The lowest BCUT2D eigenvalue weighted by molar-refractivity contribution is 0.139. The number of nitrogens with zero attached hydrogens (tertiary/aromatic N) is 2. The minimum Gasteiger partial charge on any atom is -0.507 e. The normalized spacial score (nSPS) is 16.3. The number of rotatable bonds is 6. The molecule has 3 heterocycles. The van der Waals surface area contributed by atoms with Gasteiger partial charge in [0.15, 0.2) is 11.5 Å². The first-order chi connectivity index (χ1) is 17.1. The molecule has 1 unspecified atom stereocenters. The van der Waals surface area contributed by atoms with E-state index < -0.39 is 5.63 Å². The molecule has 7 nitrogen and oxygen atoms in total. The quantitative estimate of drug-likeness (QED) is 0.381. The van der Waals surface area contributed by atoms with Crippen LogP contribution in [0.5, 0.6) is 17.2 Å². The monoisotopic (exact) mass is 472 g/mol. The van der Waals surface area contributed by atoms with Crippen LogP contribution in [0.3, 0.4) is 0 Å². The third-order valence-corrected chi connectivity index (χ3v) is 6.72. The molecule has 1 N–H and O–H groups in total. The van der Waals surface area contributed by atoms with Crippen LogP contribution < -0.4 is 15.1 Å². The summed E-state index contributed by atoms with van der Waals surface area (Å²) in [5.74, 6) is 1.23. The van der Waals surface area contributed by atoms with Crippen molar-refractivity contribution in [2.45, 2.75) is 31.8 Å². The van der Waals surface area contributed by atoms with Crippen molar-refractivity contribution in [3.05, 3.63) is 82.5 Å². The molecule has 1 fully saturated rings. The molecule has 2 aromatic heterocycles. The number of phenolic OH excluding ortho intramolecular Hbond substituents is 1. The first kappa shape index (κ1) is 22.9. The molecule has 180 valence electrons. The van der Waals surface area contributed by atoms with E-state index in [2.05, 4.69) is 16.0 Å². The number of methoxy groups -OCH3 is 2. The van der Waals surface area contributed by atoms with Gasteiger partial charge in [-0.3, -0.25) is 9.88 Å². The number of pyridine rings is 1. The van der Waals surface area contributed by atoms with E-state index in [0.29, 0.717) is 40.3 Å². The van der Waals surface area contributed by atoms with E-state index >= 15 is 0 Å². The van der Waals surface area contributed by atoms with Gasteiger partial charge in [0.2, 0.25) is 0 Å². The van der Waals surface area contributed by atoms with E-state index in [1.807, 2.05) is 12.3 Å². The molecule has 1 atom stereocenters. The van der Waals surface area contributed by atoms with Crippen LogP contribution >= 0.6 is 0 Å². The molecular formula is C28H28N2O5. The minimum absolute atomic E-state index is 0.120. The van der Waals surface area contributed by atoms with Gasteiger partial charge < -0.3 is 19.0 Å². The van der Waals surface area contributed by atoms with E-state index in [9.17, 15) is 9.90 Å². The third-order valence-electron chi connectivity index (χ3n) is 6.72. The second kappa shape index (κ2) is 9.80. The Bertz CT molecular complexity index is 1400. The zero-order chi connectivity index (χ0) is 24.4. The Morgan fingerprint density at radius 3 is 2.71 bits per heavy atom. The van der Waals surface area contributed by atoms with Gasteiger partial charge in [0.1, 0.15) is 11.3 Å². The summed E-state index contributed by atoms with van der Waals surface area (Å²) < 4.78 is 16.5. The zero-order valence-corrected chi connectivity index (χ0v) is 19.9. The molecule has 0 saturated carbocycles. The van der Waals surface area contributed by atoms with Crippen LogP contribution in [0, 0.1) is 0 Å². The lowest BCUT2D eigenvalue weighted by Crippen LogP contribution is -2.33. The van der Waals surface area contributed by atoms with E-state index in [4.69, 9.17) is 13.9 Å². The van der Waals surface area contributed by atoms with Gasteiger partial charge in [-0.25, -0.2) is 4.79 Å². The first-order valence-electron chi connectivity index (χ1n) is 11.7.